The van der Waals surface area contributed by atoms with Crippen LogP contribution in [-0.2, 0) is 6.54 Å². The zero-order valence-electron chi connectivity index (χ0n) is 12.6. The van der Waals surface area contributed by atoms with Gasteiger partial charge in [-0.25, -0.2) is 0 Å². The van der Waals surface area contributed by atoms with E-state index in [0.29, 0.717) is 0 Å². The summed E-state index contributed by atoms with van der Waals surface area (Å²) in [6, 6.07) is 14.5. The van der Waals surface area contributed by atoms with E-state index in [4.69, 9.17) is 9.47 Å². The maximum absolute atomic E-state index is 5.46. The van der Waals surface area contributed by atoms with Crippen molar-refractivity contribution < 1.29 is 9.47 Å². The fourth-order valence-corrected chi connectivity index (χ4v) is 2.66. The van der Waals surface area contributed by atoms with Gasteiger partial charge in [0.05, 0.1) is 20.8 Å². The predicted molar refractivity (Wildman–Crippen MR) is 85.3 cm³/mol. The molecule has 0 bridgehead atoms. The maximum atomic E-state index is 5.46. The Bertz CT molecular complexity index is 774. The van der Waals surface area contributed by atoms with E-state index < -0.39 is 0 Å². The molecule has 1 aromatic heterocycles. The van der Waals surface area contributed by atoms with Crippen LogP contribution >= 0.6 is 0 Å². The van der Waals surface area contributed by atoms with Crippen molar-refractivity contribution in [1.29, 1.82) is 0 Å². The molecule has 1 heterocycles. The lowest BCUT2D eigenvalue weighted by Crippen LogP contribution is -2.01. The van der Waals surface area contributed by atoms with Gasteiger partial charge in [0.25, 0.3) is 0 Å². The minimum Gasteiger partial charge on any atom is -0.497 e. The van der Waals surface area contributed by atoms with E-state index in [-0.39, 0.29) is 0 Å². The summed E-state index contributed by atoms with van der Waals surface area (Å²) in [6.45, 7) is 2.89. The monoisotopic (exact) mass is 281 g/mol. The molecule has 0 aliphatic rings. The summed E-state index contributed by atoms with van der Waals surface area (Å²) in [5.74, 6) is 1.81. The van der Waals surface area contributed by atoms with E-state index in [0.717, 1.165) is 18.0 Å². The minimum absolute atomic E-state index is 0.792. The van der Waals surface area contributed by atoms with E-state index in [9.17, 15) is 0 Å². The van der Waals surface area contributed by atoms with Crippen LogP contribution in [0.5, 0.6) is 11.5 Å². The Balaban J connectivity index is 2.00. The van der Waals surface area contributed by atoms with E-state index in [1.165, 1.54) is 22.0 Å². The Morgan fingerprint density at radius 2 is 1.81 bits per heavy atom. The first-order valence-corrected chi connectivity index (χ1v) is 6.97. The standard InChI is InChI=1S/C18H19NO2/c1-13-4-7-18(21-3)15(10-13)12-19-9-8-14-11-16(20-2)5-6-17(14)19/h4-11H,12H2,1-3H3. The zero-order chi connectivity index (χ0) is 14.8. The lowest BCUT2D eigenvalue weighted by atomic mass is 10.1. The smallest absolute Gasteiger partial charge is 0.123 e. The number of ether oxygens (including phenoxy) is 2. The molecule has 0 N–H and O–H groups in total. The van der Waals surface area contributed by atoms with Crippen LogP contribution in [0, 0.1) is 6.92 Å². The Kier molecular flexibility index (Phi) is 3.57. The highest BCUT2D eigenvalue weighted by Gasteiger charge is 2.07. The van der Waals surface area contributed by atoms with E-state index in [1.807, 2.05) is 12.1 Å². The number of hydrogen-bond acceptors (Lipinski definition) is 2. The summed E-state index contributed by atoms with van der Waals surface area (Å²) in [7, 11) is 3.41. The molecular weight excluding hydrogens is 262 g/mol. The van der Waals surface area contributed by atoms with Gasteiger partial charge in [0, 0.05) is 22.7 Å². The third-order valence-corrected chi connectivity index (χ3v) is 3.75. The van der Waals surface area contributed by atoms with Crippen molar-refractivity contribution in [2.24, 2.45) is 0 Å². The van der Waals surface area contributed by atoms with Crippen molar-refractivity contribution in [3.05, 3.63) is 59.8 Å². The summed E-state index contributed by atoms with van der Waals surface area (Å²) in [5.41, 5.74) is 3.62. The van der Waals surface area contributed by atoms with Crippen LogP contribution in [-0.4, -0.2) is 18.8 Å². The summed E-state index contributed by atoms with van der Waals surface area (Å²) < 4.78 is 13.0. The van der Waals surface area contributed by atoms with Gasteiger partial charge in [-0.2, -0.15) is 0 Å². The molecule has 0 unspecified atom stereocenters. The van der Waals surface area contributed by atoms with Crippen LogP contribution in [0.1, 0.15) is 11.1 Å². The van der Waals surface area contributed by atoms with Gasteiger partial charge in [0.1, 0.15) is 11.5 Å². The second-order valence-corrected chi connectivity index (χ2v) is 5.18. The number of hydrogen-bond donors (Lipinski definition) is 0. The molecule has 0 atom stereocenters. The van der Waals surface area contributed by atoms with Crippen LogP contribution < -0.4 is 9.47 Å². The van der Waals surface area contributed by atoms with Crippen molar-refractivity contribution in [2.75, 3.05) is 14.2 Å². The van der Waals surface area contributed by atoms with Gasteiger partial charge in [-0.05, 0) is 37.3 Å². The lowest BCUT2D eigenvalue weighted by molar-refractivity contribution is 0.408. The number of methoxy groups -OCH3 is 2. The van der Waals surface area contributed by atoms with Crippen LogP contribution in [0.4, 0.5) is 0 Å². The minimum atomic E-state index is 0.792. The number of fused-ring (bicyclic) bond motifs is 1. The number of aromatic nitrogens is 1. The number of rotatable bonds is 4. The lowest BCUT2D eigenvalue weighted by Gasteiger charge is -2.11. The number of nitrogens with zero attached hydrogens (tertiary/aromatic N) is 1. The SMILES string of the molecule is COc1ccc2c(ccn2Cc2cc(C)ccc2OC)c1. The molecule has 0 saturated heterocycles. The fourth-order valence-electron chi connectivity index (χ4n) is 2.66. The van der Waals surface area contributed by atoms with Gasteiger partial charge in [-0.15, -0.1) is 0 Å². The highest BCUT2D eigenvalue weighted by Crippen LogP contribution is 2.25. The summed E-state index contributed by atoms with van der Waals surface area (Å²) in [4.78, 5) is 0. The van der Waals surface area contributed by atoms with Crippen molar-refractivity contribution in [1.82, 2.24) is 4.57 Å². The average Bonchev–Trinajstić information content (AvgIpc) is 2.90. The average molecular weight is 281 g/mol. The molecule has 2 aromatic carbocycles. The highest BCUT2D eigenvalue weighted by molar-refractivity contribution is 5.81. The van der Waals surface area contributed by atoms with Crippen molar-refractivity contribution >= 4 is 10.9 Å². The quantitative estimate of drug-likeness (QED) is 0.721. The third kappa shape index (κ3) is 2.59. The van der Waals surface area contributed by atoms with E-state index >= 15 is 0 Å². The van der Waals surface area contributed by atoms with Crippen molar-refractivity contribution in [3.63, 3.8) is 0 Å². The molecule has 21 heavy (non-hydrogen) atoms. The molecule has 0 radical (unpaired) electrons. The van der Waals surface area contributed by atoms with Gasteiger partial charge < -0.3 is 14.0 Å². The molecule has 3 nitrogen and oxygen atoms in total. The zero-order valence-corrected chi connectivity index (χ0v) is 12.6. The molecule has 3 rings (SSSR count). The van der Waals surface area contributed by atoms with Crippen LogP contribution in [0.2, 0.25) is 0 Å². The molecule has 108 valence electrons. The predicted octanol–water partition coefficient (Wildman–Crippen LogP) is 4.02. The summed E-state index contributed by atoms with van der Waals surface area (Å²) in [6.07, 6.45) is 2.10. The Hall–Kier alpha value is -2.42. The second kappa shape index (κ2) is 5.52. The van der Waals surface area contributed by atoms with Gasteiger partial charge >= 0.3 is 0 Å². The Morgan fingerprint density at radius 1 is 0.952 bits per heavy atom. The molecule has 3 heteroatoms. The van der Waals surface area contributed by atoms with E-state index in [1.54, 1.807) is 14.2 Å². The van der Waals surface area contributed by atoms with Gasteiger partial charge in [-0.3, -0.25) is 0 Å². The molecule has 0 spiro atoms. The number of benzene rings is 2. The topological polar surface area (TPSA) is 23.4 Å². The first-order chi connectivity index (χ1) is 10.2. The van der Waals surface area contributed by atoms with Crippen LogP contribution in [0.25, 0.3) is 10.9 Å². The Morgan fingerprint density at radius 3 is 2.57 bits per heavy atom. The van der Waals surface area contributed by atoms with E-state index in [2.05, 4.69) is 48.0 Å². The normalized spacial score (nSPS) is 10.8. The van der Waals surface area contributed by atoms with Crippen molar-refractivity contribution in [3.8, 4) is 11.5 Å². The third-order valence-electron chi connectivity index (χ3n) is 3.75. The first kappa shape index (κ1) is 13.6. The largest absolute Gasteiger partial charge is 0.497 e. The molecule has 3 aromatic rings. The molecule has 0 amide bonds. The first-order valence-electron chi connectivity index (χ1n) is 6.97. The fraction of sp³-hybridized carbons (Fsp3) is 0.222. The second-order valence-electron chi connectivity index (χ2n) is 5.18. The Labute approximate surface area is 124 Å². The molecule has 0 fully saturated rings. The van der Waals surface area contributed by atoms with Gasteiger partial charge in [0.15, 0.2) is 0 Å². The highest BCUT2D eigenvalue weighted by atomic mass is 16.5. The maximum Gasteiger partial charge on any atom is 0.123 e. The van der Waals surface area contributed by atoms with Crippen LogP contribution in [0.3, 0.4) is 0 Å². The van der Waals surface area contributed by atoms with Crippen molar-refractivity contribution in [2.45, 2.75) is 13.5 Å². The molecular formula is C18H19NO2. The van der Waals surface area contributed by atoms with Gasteiger partial charge in [0.2, 0.25) is 0 Å². The molecule has 0 aliphatic carbocycles. The molecule has 0 aliphatic heterocycles. The summed E-state index contributed by atoms with van der Waals surface area (Å²) >= 11 is 0. The summed E-state index contributed by atoms with van der Waals surface area (Å²) in [5, 5.41) is 1.18. The number of aryl methyl sites for hydroxylation is 1. The van der Waals surface area contributed by atoms with Crippen LogP contribution in [0.15, 0.2) is 48.7 Å². The molecule has 0 saturated carbocycles. The van der Waals surface area contributed by atoms with Gasteiger partial charge in [-0.1, -0.05) is 17.7 Å².